The van der Waals surface area contributed by atoms with Crippen molar-refractivity contribution in [3.8, 4) is 0 Å². The molecule has 0 amide bonds. The highest BCUT2D eigenvalue weighted by molar-refractivity contribution is 7.71. The van der Waals surface area contributed by atoms with Crippen LogP contribution in [-0.2, 0) is 6.42 Å². The van der Waals surface area contributed by atoms with Crippen LogP contribution in [0.1, 0.15) is 31.2 Å². The number of aryl methyl sites for hydroxylation is 1. The molecule has 19 heavy (non-hydrogen) atoms. The molecule has 1 heterocycles. The van der Waals surface area contributed by atoms with Crippen molar-refractivity contribution in [2.24, 2.45) is 5.10 Å². The number of H-pyrrole nitrogens is 1. The summed E-state index contributed by atoms with van der Waals surface area (Å²) in [5, 5.41) is 11.2. The van der Waals surface area contributed by atoms with Crippen LogP contribution in [0.2, 0.25) is 0 Å². The number of nitrogens with zero attached hydrogens (tertiary/aromatic N) is 3. The first kappa shape index (κ1) is 13.6. The summed E-state index contributed by atoms with van der Waals surface area (Å²) < 4.78 is 14.9. The van der Waals surface area contributed by atoms with Crippen LogP contribution in [0, 0.1) is 10.6 Å². The SMILES string of the molecule is CCCCc1n[nH]c(=S)n1/N=C/c1ccc(F)cc1. The predicted octanol–water partition coefficient (Wildman–Crippen LogP) is 3.30. The van der Waals surface area contributed by atoms with Gasteiger partial charge in [-0.3, -0.25) is 5.10 Å². The lowest BCUT2D eigenvalue weighted by molar-refractivity contribution is 0.628. The van der Waals surface area contributed by atoms with Gasteiger partial charge < -0.3 is 0 Å². The van der Waals surface area contributed by atoms with Gasteiger partial charge in [0, 0.05) is 6.42 Å². The highest BCUT2D eigenvalue weighted by Gasteiger charge is 2.03. The summed E-state index contributed by atoms with van der Waals surface area (Å²) >= 11 is 5.13. The number of halogens is 1. The van der Waals surface area contributed by atoms with E-state index >= 15 is 0 Å². The molecule has 1 aromatic heterocycles. The first-order chi connectivity index (χ1) is 9.20. The van der Waals surface area contributed by atoms with Gasteiger partial charge in [-0.15, -0.1) is 0 Å². The molecule has 1 aromatic carbocycles. The van der Waals surface area contributed by atoms with Crippen molar-refractivity contribution in [1.29, 1.82) is 0 Å². The number of hydrogen-bond donors (Lipinski definition) is 1. The molecule has 4 nitrogen and oxygen atoms in total. The van der Waals surface area contributed by atoms with Gasteiger partial charge in [0.05, 0.1) is 6.21 Å². The van der Waals surface area contributed by atoms with Crippen molar-refractivity contribution in [3.63, 3.8) is 0 Å². The maximum Gasteiger partial charge on any atom is 0.216 e. The average Bonchev–Trinajstić information content (AvgIpc) is 2.76. The zero-order valence-electron chi connectivity index (χ0n) is 10.6. The zero-order valence-corrected chi connectivity index (χ0v) is 11.5. The third kappa shape index (κ3) is 3.57. The van der Waals surface area contributed by atoms with E-state index in [1.807, 2.05) is 0 Å². The van der Waals surface area contributed by atoms with Gasteiger partial charge in [-0.2, -0.15) is 14.9 Å². The fourth-order valence-electron chi connectivity index (χ4n) is 1.61. The molecule has 0 bridgehead atoms. The molecule has 0 aliphatic rings. The van der Waals surface area contributed by atoms with E-state index in [1.165, 1.54) is 12.1 Å². The van der Waals surface area contributed by atoms with Gasteiger partial charge in [0.15, 0.2) is 5.82 Å². The third-order valence-electron chi connectivity index (χ3n) is 2.66. The Morgan fingerprint density at radius 1 is 1.42 bits per heavy atom. The van der Waals surface area contributed by atoms with Gasteiger partial charge in [-0.05, 0) is 36.3 Å². The van der Waals surface area contributed by atoms with Crippen LogP contribution in [0.4, 0.5) is 4.39 Å². The number of nitrogens with one attached hydrogen (secondary N) is 1. The summed E-state index contributed by atoms with van der Waals surface area (Å²) in [6.45, 7) is 2.12. The van der Waals surface area contributed by atoms with E-state index in [9.17, 15) is 4.39 Å². The molecule has 0 fully saturated rings. The maximum absolute atomic E-state index is 12.8. The lowest BCUT2D eigenvalue weighted by atomic mass is 10.2. The van der Waals surface area contributed by atoms with Gasteiger partial charge in [0.1, 0.15) is 5.82 Å². The Kier molecular flexibility index (Phi) is 4.57. The van der Waals surface area contributed by atoms with Gasteiger partial charge in [-0.1, -0.05) is 25.5 Å². The summed E-state index contributed by atoms with van der Waals surface area (Å²) in [5.41, 5.74) is 0.811. The minimum Gasteiger partial charge on any atom is -0.250 e. The molecule has 0 saturated heterocycles. The Morgan fingerprint density at radius 3 is 2.84 bits per heavy atom. The Labute approximate surface area is 116 Å². The molecule has 2 aromatic rings. The molecule has 100 valence electrons. The molecule has 0 spiro atoms. The molecule has 0 aliphatic carbocycles. The number of rotatable bonds is 5. The first-order valence-electron chi connectivity index (χ1n) is 6.17. The van der Waals surface area contributed by atoms with E-state index in [-0.39, 0.29) is 5.82 Å². The number of benzene rings is 1. The Bertz CT molecular complexity index is 612. The second-order valence-electron chi connectivity index (χ2n) is 4.16. The van der Waals surface area contributed by atoms with E-state index in [1.54, 1.807) is 23.0 Å². The summed E-state index contributed by atoms with van der Waals surface area (Å²) in [6.07, 6.45) is 4.58. The van der Waals surface area contributed by atoms with E-state index in [0.717, 1.165) is 30.7 Å². The second kappa shape index (κ2) is 6.38. The van der Waals surface area contributed by atoms with E-state index in [2.05, 4.69) is 22.2 Å². The zero-order chi connectivity index (χ0) is 13.7. The molecular formula is C13H15FN4S. The minimum atomic E-state index is -0.263. The maximum atomic E-state index is 12.8. The molecule has 2 rings (SSSR count). The van der Waals surface area contributed by atoms with Crippen LogP contribution in [0.3, 0.4) is 0 Å². The smallest absolute Gasteiger partial charge is 0.216 e. The van der Waals surface area contributed by atoms with Crippen molar-refractivity contribution in [2.75, 3.05) is 0 Å². The fraction of sp³-hybridized carbons (Fsp3) is 0.308. The average molecular weight is 278 g/mol. The second-order valence-corrected chi connectivity index (χ2v) is 4.54. The summed E-state index contributed by atoms with van der Waals surface area (Å²) in [7, 11) is 0. The van der Waals surface area contributed by atoms with Gasteiger partial charge in [-0.25, -0.2) is 4.39 Å². The molecule has 0 atom stereocenters. The quantitative estimate of drug-likeness (QED) is 0.673. The van der Waals surface area contributed by atoms with Crippen molar-refractivity contribution in [1.82, 2.24) is 14.9 Å². The first-order valence-corrected chi connectivity index (χ1v) is 6.57. The van der Waals surface area contributed by atoms with Gasteiger partial charge in [0.25, 0.3) is 0 Å². The van der Waals surface area contributed by atoms with Crippen molar-refractivity contribution < 1.29 is 4.39 Å². The van der Waals surface area contributed by atoms with Crippen molar-refractivity contribution >= 4 is 18.4 Å². The van der Waals surface area contributed by atoms with Crippen LogP contribution in [0.15, 0.2) is 29.4 Å². The van der Waals surface area contributed by atoms with Crippen molar-refractivity contribution in [3.05, 3.63) is 46.2 Å². The summed E-state index contributed by atoms with van der Waals surface area (Å²) in [6, 6.07) is 6.12. The third-order valence-corrected chi connectivity index (χ3v) is 2.93. The molecule has 0 radical (unpaired) electrons. The molecule has 0 unspecified atom stereocenters. The van der Waals surface area contributed by atoms with Crippen LogP contribution in [0.25, 0.3) is 0 Å². The lowest BCUT2D eigenvalue weighted by Gasteiger charge is -1.99. The van der Waals surface area contributed by atoms with Gasteiger partial charge in [0.2, 0.25) is 4.77 Å². The Hall–Kier alpha value is -1.82. The lowest BCUT2D eigenvalue weighted by Crippen LogP contribution is -1.99. The monoisotopic (exact) mass is 278 g/mol. The molecule has 6 heteroatoms. The number of unbranched alkanes of at least 4 members (excludes halogenated alkanes) is 1. The minimum absolute atomic E-state index is 0.263. The number of aromatic nitrogens is 3. The summed E-state index contributed by atoms with van der Waals surface area (Å²) in [4.78, 5) is 0. The Morgan fingerprint density at radius 2 is 2.16 bits per heavy atom. The molecule has 0 saturated carbocycles. The predicted molar refractivity (Wildman–Crippen MR) is 75.4 cm³/mol. The highest BCUT2D eigenvalue weighted by atomic mass is 32.1. The largest absolute Gasteiger partial charge is 0.250 e. The normalized spacial score (nSPS) is 11.3. The number of aromatic amines is 1. The molecular weight excluding hydrogens is 263 g/mol. The van der Waals surface area contributed by atoms with Crippen LogP contribution >= 0.6 is 12.2 Å². The van der Waals surface area contributed by atoms with E-state index in [0.29, 0.717) is 4.77 Å². The van der Waals surface area contributed by atoms with E-state index in [4.69, 9.17) is 12.2 Å². The van der Waals surface area contributed by atoms with Crippen molar-refractivity contribution in [2.45, 2.75) is 26.2 Å². The fourth-order valence-corrected chi connectivity index (χ4v) is 1.81. The van der Waals surface area contributed by atoms with E-state index < -0.39 is 0 Å². The van der Waals surface area contributed by atoms with Crippen LogP contribution in [0.5, 0.6) is 0 Å². The van der Waals surface area contributed by atoms with Crippen LogP contribution < -0.4 is 0 Å². The highest BCUT2D eigenvalue weighted by Crippen LogP contribution is 2.04. The van der Waals surface area contributed by atoms with Gasteiger partial charge >= 0.3 is 0 Å². The number of hydrogen-bond acceptors (Lipinski definition) is 3. The molecule has 1 N–H and O–H groups in total. The topological polar surface area (TPSA) is 46.0 Å². The standard InChI is InChI=1S/C13H15FN4S/c1-2-3-4-12-16-17-13(19)18(12)15-9-10-5-7-11(14)8-6-10/h5-9H,2-4H2,1H3,(H,17,19)/b15-9+. The molecule has 0 aliphatic heterocycles. The Balaban J connectivity index is 2.20. The summed E-state index contributed by atoms with van der Waals surface area (Å²) in [5.74, 6) is 0.547. The van der Waals surface area contributed by atoms with Crippen LogP contribution in [-0.4, -0.2) is 21.1 Å².